The fourth-order valence-corrected chi connectivity index (χ4v) is 1.17. The molecule has 0 spiro atoms. The molecule has 0 aliphatic rings. The molecular formula is C9H7N3O3. The van der Waals surface area contributed by atoms with Crippen molar-refractivity contribution < 1.29 is 9.45 Å². The molecule has 2 aromatic rings. The molecule has 1 aromatic heterocycles. The minimum Gasteiger partial charge on any atom is -0.381 e. The number of nitrogens with zero attached hydrogens (tertiary/aromatic N) is 2. The van der Waals surface area contributed by atoms with Gasteiger partial charge < -0.3 is 10.3 Å². The van der Waals surface area contributed by atoms with E-state index in [0.717, 1.165) is 0 Å². The topological polar surface area (TPSA) is 95.2 Å². The minimum absolute atomic E-state index is 0.0336. The third-order valence-corrected chi connectivity index (χ3v) is 1.89. The van der Waals surface area contributed by atoms with E-state index in [1.54, 1.807) is 18.2 Å². The molecule has 0 atom stereocenters. The first-order chi connectivity index (χ1) is 7.16. The Morgan fingerprint density at radius 1 is 1.33 bits per heavy atom. The quantitative estimate of drug-likeness (QED) is 0.596. The van der Waals surface area contributed by atoms with Gasteiger partial charge in [0.2, 0.25) is 0 Å². The lowest BCUT2D eigenvalue weighted by molar-refractivity contribution is -0.384. The van der Waals surface area contributed by atoms with Crippen molar-refractivity contribution in [1.29, 1.82) is 0 Å². The van der Waals surface area contributed by atoms with Crippen LogP contribution in [0.15, 0.2) is 34.9 Å². The minimum atomic E-state index is -0.460. The predicted molar refractivity (Wildman–Crippen MR) is 53.0 cm³/mol. The van der Waals surface area contributed by atoms with Gasteiger partial charge in [-0.3, -0.25) is 10.1 Å². The van der Waals surface area contributed by atoms with Crippen LogP contribution in [0.2, 0.25) is 0 Å². The molecule has 0 aliphatic carbocycles. The van der Waals surface area contributed by atoms with Gasteiger partial charge in [-0.1, -0.05) is 5.16 Å². The second-order valence-electron chi connectivity index (χ2n) is 2.92. The summed E-state index contributed by atoms with van der Waals surface area (Å²) in [6, 6.07) is 7.51. The monoisotopic (exact) mass is 205 g/mol. The highest BCUT2D eigenvalue weighted by Crippen LogP contribution is 2.23. The van der Waals surface area contributed by atoms with Gasteiger partial charge in [-0.25, -0.2) is 0 Å². The van der Waals surface area contributed by atoms with Gasteiger partial charge in [0, 0.05) is 23.8 Å². The molecule has 1 aromatic carbocycles. The molecule has 15 heavy (non-hydrogen) atoms. The molecule has 76 valence electrons. The van der Waals surface area contributed by atoms with Crippen LogP contribution in [0.1, 0.15) is 0 Å². The van der Waals surface area contributed by atoms with Crippen LogP contribution >= 0.6 is 0 Å². The molecule has 6 nitrogen and oxygen atoms in total. The number of nitro groups is 1. The zero-order valence-corrected chi connectivity index (χ0v) is 7.58. The maximum absolute atomic E-state index is 10.4. The molecule has 0 unspecified atom stereocenters. The van der Waals surface area contributed by atoms with Crippen LogP contribution in [0.5, 0.6) is 0 Å². The fraction of sp³-hybridized carbons (Fsp3) is 0. The lowest BCUT2D eigenvalue weighted by Crippen LogP contribution is -1.86. The van der Waals surface area contributed by atoms with Gasteiger partial charge in [0.1, 0.15) is 0 Å². The lowest BCUT2D eigenvalue weighted by Gasteiger charge is -1.94. The van der Waals surface area contributed by atoms with Crippen LogP contribution in [-0.4, -0.2) is 10.1 Å². The summed E-state index contributed by atoms with van der Waals surface area (Å²) in [6.07, 6.45) is 0. The Hall–Kier alpha value is -2.37. The Morgan fingerprint density at radius 3 is 2.47 bits per heavy atom. The van der Waals surface area contributed by atoms with Crippen molar-refractivity contribution in [2.45, 2.75) is 0 Å². The summed E-state index contributed by atoms with van der Waals surface area (Å²) >= 11 is 0. The Balaban J connectivity index is 2.35. The van der Waals surface area contributed by atoms with Crippen molar-refractivity contribution >= 4 is 11.5 Å². The van der Waals surface area contributed by atoms with Crippen LogP contribution in [0.25, 0.3) is 11.3 Å². The molecule has 0 radical (unpaired) electrons. The molecule has 0 bridgehead atoms. The Morgan fingerprint density at radius 2 is 2.00 bits per heavy atom. The van der Waals surface area contributed by atoms with E-state index in [9.17, 15) is 10.1 Å². The zero-order chi connectivity index (χ0) is 10.8. The Kier molecular flexibility index (Phi) is 2.09. The number of nitrogen functional groups attached to an aromatic ring is 1. The molecule has 0 aliphatic heterocycles. The Bertz CT molecular complexity index is 490. The van der Waals surface area contributed by atoms with Gasteiger partial charge in [0.25, 0.3) is 5.69 Å². The molecule has 0 saturated carbocycles. The second-order valence-corrected chi connectivity index (χ2v) is 2.92. The number of rotatable bonds is 2. The highest BCUT2D eigenvalue weighted by molar-refractivity contribution is 5.61. The number of nitro benzene ring substituents is 1. The first kappa shape index (κ1) is 9.20. The molecule has 0 fully saturated rings. The maximum Gasteiger partial charge on any atom is 0.269 e. The fourth-order valence-electron chi connectivity index (χ4n) is 1.17. The molecule has 1 heterocycles. The number of hydrogen-bond acceptors (Lipinski definition) is 5. The summed E-state index contributed by atoms with van der Waals surface area (Å²) < 4.78 is 4.91. The van der Waals surface area contributed by atoms with E-state index in [1.165, 1.54) is 12.1 Å². The molecule has 2 rings (SSSR count). The van der Waals surface area contributed by atoms with E-state index in [2.05, 4.69) is 5.16 Å². The first-order valence-electron chi connectivity index (χ1n) is 4.14. The van der Waals surface area contributed by atoms with Crippen LogP contribution in [0, 0.1) is 10.1 Å². The van der Waals surface area contributed by atoms with Gasteiger partial charge in [-0.15, -0.1) is 0 Å². The predicted octanol–water partition coefficient (Wildman–Crippen LogP) is 1.83. The number of non-ortho nitro benzene ring substituents is 1. The summed E-state index contributed by atoms with van der Waals surface area (Å²) in [5.41, 5.74) is 6.11. The summed E-state index contributed by atoms with van der Waals surface area (Å²) in [7, 11) is 0. The zero-order valence-electron chi connectivity index (χ0n) is 7.58. The molecule has 0 saturated heterocycles. The summed E-state index contributed by atoms with van der Waals surface area (Å²) in [4.78, 5) is 9.94. The van der Waals surface area contributed by atoms with Crippen LogP contribution < -0.4 is 5.73 Å². The average molecular weight is 205 g/mol. The molecule has 0 amide bonds. The van der Waals surface area contributed by atoms with E-state index in [0.29, 0.717) is 11.3 Å². The Labute approximate surface area is 84.4 Å². The second kappa shape index (κ2) is 3.41. The van der Waals surface area contributed by atoms with Crippen molar-refractivity contribution in [2.75, 3.05) is 5.73 Å². The van der Waals surface area contributed by atoms with Crippen molar-refractivity contribution in [3.63, 3.8) is 0 Å². The van der Waals surface area contributed by atoms with Crippen LogP contribution in [0.3, 0.4) is 0 Å². The van der Waals surface area contributed by atoms with E-state index < -0.39 is 4.92 Å². The number of hydrogen-bond donors (Lipinski definition) is 1. The van der Waals surface area contributed by atoms with E-state index in [1.807, 2.05) is 0 Å². The van der Waals surface area contributed by atoms with Crippen LogP contribution in [0.4, 0.5) is 11.5 Å². The summed E-state index contributed by atoms with van der Waals surface area (Å²) in [6.45, 7) is 0. The molecule has 6 heteroatoms. The van der Waals surface area contributed by atoms with E-state index in [-0.39, 0.29) is 11.5 Å². The van der Waals surface area contributed by atoms with Gasteiger partial charge in [0.15, 0.2) is 11.6 Å². The average Bonchev–Trinajstić information content (AvgIpc) is 2.65. The number of benzene rings is 1. The smallest absolute Gasteiger partial charge is 0.269 e. The molecule has 2 N–H and O–H groups in total. The third-order valence-electron chi connectivity index (χ3n) is 1.89. The molecular weight excluding hydrogens is 198 g/mol. The highest BCUT2D eigenvalue weighted by Gasteiger charge is 2.08. The van der Waals surface area contributed by atoms with Gasteiger partial charge in [-0.2, -0.15) is 0 Å². The number of anilines is 1. The highest BCUT2D eigenvalue weighted by atomic mass is 16.6. The largest absolute Gasteiger partial charge is 0.381 e. The van der Waals surface area contributed by atoms with Crippen molar-refractivity contribution in [3.8, 4) is 11.3 Å². The van der Waals surface area contributed by atoms with Gasteiger partial charge >= 0.3 is 0 Å². The van der Waals surface area contributed by atoms with Gasteiger partial charge in [-0.05, 0) is 12.1 Å². The third kappa shape index (κ3) is 1.78. The van der Waals surface area contributed by atoms with Crippen LogP contribution in [-0.2, 0) is 0 Å². The first-order valence-corrected chi connectivity index (χ1v) is 4.14. The summed E-state index contributed by atoms with van der Waals surface area (Å²) in [5, 5.41) is 13.9. The van der Waals surface area contributed by atoms with Crippen molar-refractivity contribution in [2.24, 2.45) is 0 Å². The van der Waals surface area contributed by atoms with E-state index >= 15 is 0 Å². The van der Waals surface area contributed by atoms with Gasteiger partial charge in [0.05, 0.1) is 4.92 Å². The van der Waals surface area contributed by atoms with E-state index in [4.69, 9.17) is 10.3 Å². The van der Waals surface area contributed by atoms with Crippen molar-refractivity contribution in [3.05, 3.63) is 40.4 Å². The maximum atomic E-state index is 10.4. The summed E-state index contributed by atoms with van der Waals surface area (Å²) in [5.74, 6) is 0.769. The lowest BCUT2D eigenvalue weighted by atomic mass is 10.1. The standard InChI is InChI=1S/C9H7N3O3/c10-9-5-8(15-11-9)6-1-3-7(4-2-6)12(13)14/h1-5H,(H2,10,11). The van der Waals surface area contributed by atoms with Crippen molar-refractivity contribution in [1.82, 2.24) is 5.16 Å². The normalized spacial score (nSPS) is 10.1. The number of nitrogens with two attached hydrogens (primary N) is 1. The SMILES string of the molecule is Nc1cc(-c2ccc([N+](=O)[O-])cc2)on1. The number of aromatic nitrogens is 1.